The lowest BCUT2D eigenvalue weighted by atomic mass is 10.0. The van der Waals surface area contributed by atoms with Crippen molar-refractivity contribution in [2.45, 2.75) is 39.8 Å². The standard InChI is InChI=1S/C21H31N5O.HI/c1-16-8-5-6-9-19(16)20-15-25(12-13-27-20)21(22-4)23-10-7-11-26-18(3)14-17(2)24-26;/h5-6,8-9,14,20H,7,10-13,15H2,1-4H3,(H,22,23);1H. The third-order valence-electron chi connectivity index (χ3n) is 5.05. The molecular formula is C21H32IN5O. The molecule has 28 heavy (non-hydrogen) atoms. The smallest absolute Gasteiger partial charge is 0.193 e. The Balaban J connectivity index is 0.00000280. The third-order valence-corrected chi connectivity index (χ3v) is 5.05. The highest BCUT2D eigenvalue weighted by Gasteiger charge is 2.24. The monoisotopic (exact) mass is 497 g/mol. The molecule has 0 bridgehead atoms. The predicted octanol–water partition coefficient (Wildman–Crippen LogP) is 3.47. The number of aryl methyl sites for hydroxylation is 4. The van der Waals surface area contributed by atoms with Crippen molar-refractivity contribution in [3.05, 3.63) is 52.8 Å². The van der Waals surface area contributed by atoms with Gasteiger partial charge in [0.25, 0.3) is 0 Å². The first-order chi connectivity index (χ1) is 13.1. The van der Waals surface area contributed by atoms with Crippen LogP contribution in [0.25, 0.3) is 0 Å². The SMILES string of the molecule is CN=C(NCCCn1nc(C)cc1C)N1CCOC(c2ccccc2C)C1.I. The van der Waals surface area contributed by atoms with Gasteiger partial charge in [-0.1, -0.05) is 24.3 Å². The Kier molecular flexibility index (Phi) is 8.75. The molecule has 1 aliphatic heterocycles. The van der Waals surface area contributed by atoms with Crippen molar-refractivity contribution < 1.29 is 4.74 Å². The molecule has 1 atom stereocenters. The van der Waals surface area contributed by atoms with Crippen molar-refractivity contribution in [1.82, 2.24) is 20.0 Å². The molecule has 1 N–H and O–H groups in total. The number of aliphatic imine (C=N–C) groups is 1. The summed E-state index contributed by atoms with van der Waals surface area (Å²) < 4.78 is 8.10. The van der Waals surface area contributed by atoms with Gasteiger partial charge >= 0.3 is 0 Å². The quantitative estimate of drug-likeness (QED) is 0.298. The third kappa shape index (κ3) is 5.70. The maximum absolute atomic E-state index is 6.03. The summed E-state index contributed by atoms with van der Waals surface area (Å²) >= 11 is 0. The molecule has 1 aliphatic rings. The van der Waals surface area contributed by atoms with E-state index in [1.54, 1.807) is 0 Å². The Labute approximate surface area is 185 Å². The van der Waals surface area contributed by atoms with Crippen LogP contribution in [0.15, 0.2) is 35.3 Å². The number of halogens is 1. The van der Waals surface area contributed by atoms with Crippen LogP contribution in [0.4, 0.5) is 0 Å². The van der Waals surface area contributed by atoms with Crippen LogP contribution in [0.1, 0.15) is 35.0 Å². The molecule has 0 saturated carbocycles. The molecule has 0 amide bonds. The van der Waals surface area contributed by atoms with Crippen LogP contribution < -0.4 is 5.32 Å². The van der Waals surface area contributed by atoms with E-state index in [0.717, 1.165) is 44.3 Å². The minimum Gasteiger partial charge on any atom is -0.370 e. The Hall–Kier alpha value is -1.61. The Bertz CT molecular complexity index is 789. The van der Waals surface area contributed by atoms with Crippen molar-refractivity contribution >= 4 is 29.9 Å². The number of aromatic nitrogens is 2. The summed E-state index contributed by atoms with van der Waals surface area (Å²) in [6.07, 6.45) is 1.10. The van der Waals surface area contributed by atoms with E-state index in [1.807, 2.05) is 14.0 Å². The number of ether oxygens (including phenoxy) is 1. The largest absolute Gasteiger partial charge is 0.370 e. The van der Waals surface area contributed by atoms with E-state index >= 15 is 0 Å². The van der Waals surface area contributed by atoms with Crippen LogP contribution in [0.5, 0.6) is 0 Å². The van der Waals surface area contributed by atoms with Gasteiger partial charge in [0.1, 0.15) is 6.10 Å². The first kappa shape index (κ1) is 22.7. The minimum atomic E-state index is 0. The lowest BCUT2D eigenvalue weighted by Gasteiger charge is -2.35. The fraction of sp³-hybridized carbons (Fsp3) is 0.524. The second kappa shape index (κ2) is 10.8. The molecule has 6 nitrogen and oxygen atoms in total. The number of nitrogens with zero attached hydrogens (tertiary/aromatic N) is 4. The second-order valence-electron chi connectivity index (χ2n) is 7.14. The molecule has 3 rings (SSSR count). The lowest BCUT2D eigenvalue weighted by molar-refractivity contribution is -0.00831. The molecule has 2 heterocycles. The van der Waals surface area contributed by atoms with Crippen LogP contribution >= 0.6 is 24.0 Å². The van der Waals surface area contributed by atoms with Crippen molar-refractivity contribution in [3.63, 3.8) is 0 Å². The maximum atomic E-state index is 6.03. The van der Waals surface area contributed by atoms with Crippen molar-refractivity contribution in [2.75, 3.05) is 33.3 Å². The van der Waals surface area contributed by atoms with E-state index in [-0.39, 0.29) is 30.1 Å². The molecule has 0 radical (unpaired) electrons. The number of guanidine groups is 1. The zero-order valence-corrected chi connectivity index (χ0v) is 19.6. The number of benzene rings is 1. The lowest BCUT2D eigenvalue weighted by Crippen LogP contribution is -2.48. The summed E-state index contributed by atoms with van der Waals surface area (Å²) in [5.74, 6) is 0.949. The van der Waals surface area contributed by atoms with Crippen LogP contribution in [-0.4, -0.2) is 53.9 Å². The van der Waals surface area contributed by atoms with E-state index in [4.69, 9.17) is 4.74 Å². The van der Waals surface area contributed by atoms with Crippen LogP contribution in [-0.2, 0) is 11.3 Å². The Morgan fingerprint density at radius 2 is 2.07 bits per heavy atom. The van der Waals surface area contributed by atoms with Gasteiger partial charge in [0.15, 0.2) is 5.96 Å². The first-order valence-electron chi connectivity index (χ1n) is 9.72. The zero-order chi connectivity index (χ0) is 19.2. The van der Waals surface area contributed by atoms with Crippen LogP contribution in [0.3, 0.4) is 0 Å². The van der Waals surface area contributed by atoms with E-state index < -0.39 is 0 Å². The number of hydrogen-bond donors (Lipinski definition) is 1. The fourth-order valence-corrected chi connectivity index (χ4v) is 3.64. The van der Waals surface area contributed by atoms with Crippen LogP contribution in [0.2, 0.25) is 0 Å². The normalized spacial score (nSPS) is 17.4. The van der Waals surface area contributed by atoms with Gasteiger partial charge in [0, 0.05) is 32.4 Å². The molecule has 7 heteroatoms. The first-order valence-corrected chi connectivity index (χ1v) is 9.72. The van der Waals surface area contributed by atoms with E-state index in [9.17, 15) is 0 Å². The van der Waals surface area contributed by atoms with Gasteiger partial charge in [0.2, 0.25) is 0 Å². The van der Waals surface area contributed by atoms with Gasteiger partial charge in [-0.05, 0) is 44.4 Å². The zero-order valence-electron chi connectivity index (χ0n) is 17.3. The van der Waals surface area contributed by atoms with Gasteiger partial charge in [-0.2, -0.15) is 5.10 Å². The van der Waals surface area contributed by atoms with Crippen molar-refractivity contribution in [2.24, 2.45) is 4.99 Å². The average molecular weight is 497 g/mol. The predicted molar refractivity (Wildman–Crippen MR) is 125 cm³/mol. The number of nitrogens with one attached hydrogen (secondary N) is 1. The average Bonchev–Trinajstić information content (AvgIpc) is 2.99. The number of morpholine rings is 1. The summed E-state index contributed by atoms with van der Waals surface area (Å²) in [7, 11) is 1.85. The van der Waals surface area contributed by atoms with Crippen molar-refractivity contribution in [3.8, 4) is 0 Å². The van der Waals surface area contributed by atoms with Gasteiger partial charge < -0.3 is 15.0 Å². The van der Waals surface area contributed by atoms with E-state index in [1.165, 1.54) is 16.8 Å². The minimum absolute atomic E-state index is 0. The van der Waals surface area contributed by atoms with Gasteiger partial charge in [-0.15, -0.1) is 24.0 Å². The fourth-order valence-electron chi connectivity index (χ4n) is 3.64. The summed E-state index contributed by atoms with van der Waals surface area (Å²) in [6.45, 7) is 10.5. The van der Waals surface area contributed by atoms with E-state index in [2.05, 4.69) is 69.2 Å². The molecule has 0 aliphatic carbocycles. The van der Waals surface area contributed by atoms with E-state index in [0.29, 0.717) is 6.61 Å². The molecule has 1 saturated heterocycles. The second-order valence-corrected chi connectivity index (χ2v) is 7.14. The Morgan fingerprint density at radius 3 is 2.75 bits per heavy atom. The number of rotatable bonds is 5. The maximum Gasteiger partial charge on any atom is 0.193 e. The Morgan fingerprint density at radius 1 is 1.29 bits per heavy atom. The molecule has 1 unspecified atom stereocenters. The topological polar surface area (TPSA) is 54.7 Å². The highest BCUT2D eigenvalue weighted by atomic mass is 127. The summed E-state index contributed by atoms with van der Waals surface area (Å²) in [4.78, 5) is 6.78. The molecule has 1 aromatic carbocycles. The molecule has 0 spiro atoms. The number of hydrogen-bond acceptors (Lipinski definition) is 3. The highest BCUT2D eigenvalue weighted by Crippen LogP contribution is 2.24. The van der Waals surface area contributed by atoms with Gasteiger partial charge in [-0.25, -0.2) is 0 Å². The van der Waals surface area contributed by atoms with Gasteiger partial charge in [-0.3, -0.25) is 9.67 Å². The highest BCUT2D eigenvalue weighted by molar-refractivity contribution is 14.0. The molecular weight excluding hydrogens is 465 g/mol. The van der Waals surface area contributed by atoms with Crippen molar-refractivity contribution in [1.29, 1.82) is 0 Å². The molecule has 154 valence electrons. The summed E-state index contributed by atoms with van der Waals surface area (Å²) in [6, 6.07) is 10.6. The van der Waals surface area contributed by atoms with Crippen LogP contribution in [0, 0.1) is 20.8 Å². The molecule has 1 aromatic heterocycles. The molecule has 1 fully saturated rings. The van der Waals surface area contributed by atoms with Gasteiger partial charge in [0.05, 0.1) is 18.8 Å². The summed E-state index contributed by atoms with van der Waals surface area (Å²) in [5, 5.41) is 8.02. The molecule has 2 aromatic rings. The summed E-state index contributed by atoms with van der Waals surface area (Å²) in [5.41, 5.74) is 4.83.